The molecule has 0 aromatic carbocycles. The number of aliphatic hydroxyl groups is 2. The third kappa shape index (κ3) is 3.40. The highest BCUT2D eigenvalue weighted by Crippen LogP contribution is 2.69. The fraction of sp³-hybridized carbons (Fsp3) is 0.828. The van der Waals surface area contributed by atoms with Crippen molar-refractivity contribution in [3.63, 3.8) is 0 Å². The molecule has 2 N–H and O–H groups in total. The Morgan fingerprint density at radius 2 is 1.81 bits per heavy atom. The van der Waals surface area contributed by atoms with E-state index < -0.39 is 11.7 Å². The lowest BCUT2D eigenvalue weighted by atomic mass is 9.43. The third-order valence-corrected chi connectivity index (χ3v) is 11.7. The largest absolute Gasteiger partial charge is 0.390 e. The van der Waals surface area contributed by atoms with Gasteiger partial charge in [0, 0.05) is 12.4 Å². The number of aliphatic hydroxyl groups excluding tert-OH is 1. The van der Waals surface area contributed by atoms with Gasteiger partial charge in [0.1, 0.15) is 0 Å². The summed E-state index contributed by atoms with van der Waals surface area (Å²) < 4.78 is 0. The summed E-state index contributed by atoms with van der Waals surface area (Å²) >= 11 is 0. The summed E-state index contributed by atoms with van der Waals surface area (Å²) in [5.74, 6) is 4.04. The van der Waals surface area contributed by atoms with Crippen molar-refractivity contribution in [2.75, 3.05) is 0 Å². The first-order valence-corrected chi connectivity index (χ1v) is 13.5. The van der Waals surface area contributed by atoms with Crippen molar-refractivity contribution in [2.45, 2.75) is 104 Å². The topological polar surface area (TPSA) is 53.4 Å². The summed E-state index contributed by atoms with van der Waals surface area (Å²) in [6, 6.07) is 3.97. The van der Waals surface area contributed by atoms with E-state index in [1.165, 1.54) is 44.9 Å². The van der Waals surface area contributed by atoms with Crippen molar-refractivity contribution in [2.24, 2.45) is 46.3 Å². The van der Waals surface area contributed by atoms with Gasteiger partial charge >= 0.3 is 0 Å². The molecule has 0 spiro atoms. The minimum Gasteiger partial charge on any atom is -0.390 e. The third-order valence-electron chi connectivity index (χ3n) is 11.7. The van der Waals surface area contributed by atoms with Crippen LogP contribution in [0, 0.1) is 46.3 Å². The number of nitrogens with zero attached hydrogens (tertiary/aromatic N) is 1. The summed E-state index contributed by atoms with van der Waals surface area (Å²) in [4.78, 5) is 4.25. The predicted octanol–water partition coefficient (Wildman–Crippen LogP) is 6.55. The highest BCUT2D eigenvalue weighted by Gasteiger charge is 2.61. The Bertz CT molecular complexity index is 813. The van der Waals surface area contributed by atoms with Crippen molar-refractivity contribution in [1.29, 1.82) is 0 Å². The van der Waals surface area contributed by atoms with Gasteiger partial charge in [-0.25, -0.2) is 0 Å². The van der Waals surface area contributed by atoms with E-state index in [2.05, 4.69) is 32.7 Å². The van der Waals surface area contributed by atoms with Gasteiger partial charge in [-0.05, 0) is 122 Å². The van der Waals surface area contributed by atoms with Gasteiger partial charge in [0.05, 0.1) is 11.7 Å². The summed E-state index contributed by atoms with van der Waals surface area (Å²) in [6.07, 6.45) is 15.3. The van der Waals surface area contributed by atoms with Gasteiger partial charge in [0.15, 0.2) is 0 Å². The van der Waals surface area contributed by atoms with Crippen LogP contribution < -0.4 is 0 Å². The van der Waals surface area contributed by atoms with E-state index in [0.717, 1.165) is 42.6 Å². The van der Waals surface area contributed by atoms with Gasteiger partial charge in [-0.15, -0.1) is 0 Å². The van der Waals surface area contributed by atoms with E-state index in [4.69, 9.17) is 0 Å². The summed E-state index contributed by atoms with van der Waals surface area (Å²) in [5, 5.41) is 22.2. The molecule has 1 aromatic rings. The number of hydrogen-bond donors (Lipinski definition) is 2. The summed E-state index contributed by atoms with van der Waals surface area (Å²) in [7, 11) is 0. The summed E-state index contributed by atoms with van der Waals surface area (Å²) in [5.41, 5.74) is 1.34. The lowest BCUT2D eigenvalue weighted by Gasteiger charge is -2.62. The highest BCUT2D eigenvalue weighted by atomic mass is 16.3. The fourth-order valence-corrected chi connectivity index (χ4v) is 9.62. The minimum atomic E-state index is -0.416. The van der Waals surface area contributed by atoms with Crippen molar-refractivity contribution in [3.05, 3.63) is 30.1 Å². The highest BCUT2D eigenvalue weighted by molar-refractivity contribution is 5.16. The van der Waals surface area contributed by atoms with Gasteiger partial charge in [-0.3, -0.25) is 4.98 Å². The molecular formula is C29H45NO2. The molecule has 0 radical (unpaired) electrons. The Morgan fingerprint density at radius 1 is 1.03 bits per heavy atom. The van der Waals surface area contributed by atoms with E-state index in [1.54, 1.807) is 6.20 Å². The van der Waals surface area contributed by atoms with E-state index >= 15 is 0 Å². The second kappa shape index (κ2) is 8.08. The van der Waals surface area contributed by atoms with E-state index in [9.17, 15) is 10.2 Å². The molecule has 5 rings (SSSR count). The zero-order valence-electron chi connectivity index (χ0n) is 20.8. The number of rotatable bonds is 4. The minimum absolute atomic E-state index is 0.270. The lowest BCUT2D eigenvalue weighted by Crippen LogP contribution is -2.56. The molecule has 1 aromatic heterocycles. The molecule has 4 fully saturated rings. The first-order chi connectivity index (χ1) is 15.2. The van der Waals surface area contributed by atoms with Crippen LogP contribution in [0.15, 0.2) is 24.5 Å². The van der Waals surface area contributed by atoms with Gasteiger partial charge in [-0.1, -0.05) is 33.8 Å². The molecule has 0 bridgehead atoms. The first-order valence-electron chi connectivity index (χ1n) is 13.5. The van der Waals surface area contributed by atoms with Crippen molar-refractivity contribution >= 4 is 0 Å². The van der Waals surface area contributed by atoms with Crippen LogP contribution in [0.25, 0.3) is 0 Å². The van der Waals surface area contributed by atoms with Crippen LogP contribution in [-0.4, -0.2) is 20.8 Å². The average molecular weight is 440 g/mol. The molecule has 4 aliphatic carbocycles. The predicted molar refractivity (Wildman–Crippen MR) is 129 cm³/mol. The summed E-state index contributed by atoms with van der Waals surface area (Å²) in [6.45, 7) is 9.61. The number of aromatic nitrogens is 1. The van der Waals surface area contributed by atoms with E-state index in [0.29, 0.717) is 22.7 Å². The molecule has 0 saturated heterocycles. The molecular weight excluding hydrogens is 394 g/mol. The average Bonchev–Trinajstić information content (AvgIpc) is 3.16. The van der Waals surface area contributed by atoms with Crippen molar-refractivity contribution in [3.8, 4) is 0 Å². The van der Waals surface area contributed by atoms with E-state index in [-0.39, 0.29) is 5.92 Å². The van der Waals surface area contributed by atoms with Crippen LogP contribution in [0.5, 0.6) is 0 Å². The van der Waals surface area contributed by atoms with Crippen molar-refractivity contribution < 1.29 is 10.2 Å². The van der Waals surface area contributed by atoms with Gasteiger partial charge in [0.25, 0.3) is 0 Å². The molecule has 4 aliphatic rings. The van der Waals surface area contributed by atoms with Gasteiger partial charge < -0.3 is 10.2 Å². The molecule has 2 unspecified atom stereocenters. The number of fused-ring (bicyclic) bond motifs is 5. The quantitative estimate of drug-likeness (QED) is 0.559. The Hall–Kier alpha value is -0.930. The number of hydrogen-bond acceptors (Lipinski definition) is 3. The van der Waals surface area contributed by atoms with Crippen LogP contribution in [0.1, 0.15) is 104 Å². The monoisotopic (exact) mass is 439 g/mol. The second-order valence-corrected chi connectivity index (χ2v) is 12.8. The van der Waals surface area contributed by atoms with Crippen LogP contribution in [0.2, 0.25) is 0 Å². The molecule has 0 amide bonds. The Balaban J connectivity index is 1.35. The molecule has 32 heavy (non-hydrogen) atoms. The first kappa shape index (κ1) is 22.8. The van der Waals surface area contributed by atoms with Gasteiger partial charge in [0.2, 0.25) is 0 Å². The smallest absolute Gasteiger partial charge is 0.0833 e. The Labute approximate surface area is 195 Å². The van der Waals surface area contributed by atoms with Gasteiger partial charge in [-0.2, -0.15) is 0 Å². The van der Waals surface area contributed by atoms with Crippen LogP contribution in [-0.2, 0) is 0 Å². The zero-order valence-corrected chi connectivity index (χ0v) is 20.8. The maximum absolute atomic E-state index is 11.2. The molecule has 3 nitrogen and oxygen atoms in total. The number of pyridine rings is 1. The molecule has 0 aliphatic heterocycles. The SMILES string of the molecule is CC[C@]1(O)CC[C@@]2(C)[C@@H](CC[C@@H]3[C@@H]2CC[C@]2(C)[C@@H](C(C)C(O)c4cccnc4)CC[C@@H]32)C1. The van der Waals surface area contributed by atoms with Crippen LogP contribution in [0.4, 0.5) is 0 Å². The maximum Gasteiger partial charge on any atom is 0.0833 e. The fourth-order valence-electron chi connectivity index (χ4n) is 9.62. The van der Waals surface area contributed by atoms with Crippen LogP contribution in [0.3, 0.4) is 0 Å². The molecule has 1 heterocycles. The molecule has 3 heteroatoms. The van der Waals surface area contributed by atoms with Crippen molar-refractivity contribution in [1.82, 2.24) is 4.98 Å². The molecule has 10 atom stereocenters. The lowest BCUT2D eigenvalue weighted by molar-refractivity contribution is -0.154. The standard InChI is InChI=1S/C29H45NO2/c1-5-29(32)15-14-27(3)21(17-29)8-9-22-24-11-10-23(28(24,4)13-12-25(22)27)19(2)26(31)20-7-6-16-30-18-20/h6-7,16,18-19,21-26,31-32H,5,8-15,17H2,1-4H3/t19?,21-,22-,23+,24-,25-,26?,27-,28+,29-/m0/s1. The normalized spacial score (nSPS) is 47.8. The second-order valence-electron chi connectivity index (χ2n) is 12.8. The maximum atomic E-state index is 11.2. The van der Waals surface area contributed by atoms with Crippen LogP contribution >= 0.6 is 0 Å². The molecule has 178 valence electrons. The zero-order chi connectivity index (χ0) is 22.7. The Morgan fingerprint density at radius 3 is 2.53 bits per heavy atom. The van der Waals surface area contributed by atoms with E-state index in [1.807, 2.05) is 18.3 Å². The Kier molecular flexibility index (Phi) is 5.77. The molecule has 4 saturated carbocycles.